The number of anilines is 1. The van der Waals surface area contributed by atoms with Gasteiger partial charge in [-0.05, 0) is 50.1 Å². The summed E-state index contributed by atoms with van der Waals surface area (Å²) in [6, 6.07) is 11.9. The van der Waals surface area contributed by atoms with E-state index in [0.29, 0.717) is 29.4 Å². The second-order valence-electron chi connectivity index (χ2n) is 7.37. The predicted molar refractivity (Wildman–Crippen MR) is 112 cm³/mol. The number of hydrogen-bond donors (Lipinski definition) is 2. The Hall–Kier alpha value is -2.44. The molecule has 5 nitrogen and oxygen atoms in total. The molecule has 2 aromatic carbocycles. The van der Waals surface area contributed by atoms with Gasteiger partial charge in [0.25, 0.3) is 0 Å². The van der Waals surface area contributed by atoms with Crippen molar-refractivity contribution in [3.63, 3.8) is 0 Å². The third-order valence-electron chi connectivity index (χ3n) is 5.09. The lowest BCUT2D eigenvalue weighted by Crippen LogP contribution is -2.48. The average Bonchev–Trinajstić information content (AvgIpc) is 2.67. The Morgan fingerprint density at radius 2 is 1.97 bits per heavy atom. The summed E-state index contributed by atoms with van der Waals surface area (Å²) < 4.78 is 13.9. The number of benzene rings is 2. The SMILES string of the molecule is Cc1c(Cl)cccc1NC(=O)CC(=O)NC1CCCN(Cc2ccccc2F)C1. The molecule has 0 aromatic heterocycles. The lowest BCUT2D eigenvalue weighted by Gasteiger charge is -2.33. The largest absolute Gasteiger partial charge is 0.352 e. The molecule has 1 heterocycles. The fourth-order valence-electron chi connectivity index (χ4n) is 3.55. The molecule has 2 amide bonds. The lowest BCUT2D eigenvalue weighted by molar-refractivity contribution is -0.127. The number of likely N-dealkylation sites (tertiary alicyclic amines) is 1. The Labute approximate surface area is 175 Å². The zero-order valence-corrected chi connectivity index (χ0v) is 17.1. The molecule has 1 aliphatic heterocycles. The molecule has 1 fully saturated rings. The minimum Gasteiger partial charge on any atom is -0.352 e. The van der Waals surface area contributed by atoms with Crippen molar-refractivity contribution >= 4 is 29.1 Å². The molecule has 7 heteroatoms. The Morgan fingerprint density at radius 1 is 1.17 bits per heavy atom. The fraction of sp³-hybridized carbons (Fsp3) is 0.364. The molecule has 0 bridgehead atoms. The van der Waals surface area contributed by atoms with Crippen LogP contribution in [0.2, 0.25) is 5.02 Å². The van der Waals surface area contributed by atoms with Gasteiger partial charge in [-0.15, -0.1) is 0 Å². The number of hydrogen-bond acceptors (Lipinski definition) is 3. The molecule has 2 N–H and O–H groups in total. The molecule has 0 radical (unpaired) electrons. The summed E-state index contributed by atoms with van der Waals surface area (Å²) in [6.07, 6.45) is 1.50. The molecule has 0 spiro atoms. The van der Waals surface area contributed by atoms with E-state index in [1.54, 1.807) is 30.3 Å². The first-order valence-electron chi connectivity index (χ1n) is 9.72. The van der Waals surface area contributed by atoms with Gasteiger partial charge in [0.15, 0.2) is 0 Å². The zero-order chi connectivity index (χ0) is 20.8. The topological polar surface area (TPSA) is 61.4 Å². The zero-order valence-electron chi connectivity index (χ0n) is 16.4. The highest BCUT2D eigenvalue weighted by atomic mass is 35.5. The second-order valence-corrected chi connectivity index (χ2v) is 7.78. The van der Waals surface area contributed by atoms with Gasteiger partial charge in [-0.2, -0.15) is 0 Å². The van der Waals surface area contributed by atoms with E-state index in [2.05, 4.69) is 15.5 Å². The normalized spacial score (nSPS) is 17.0. The van der Waals surface area contributed by atoms with Gasteiger partial charge in [0.2, 0.25) is 11.8 Å². The van der Waals surface area contributed by atoms with Crippen LogP contribution in [0.5, 0.6) is 0 Å². The van der Waals surface area contributed by atoms with E-state index in [1.165, 1.54) is 6.07 Å². The monoisotopic (exact) mass is 417 g/mol. The standard InChI is InChI=1S/C22H25ClFN3O2/c1-15-18(23)8-4-10-20(15)26-22(29)12-21(28)25-17-7-5-11-27(14-17)13-16-6-2-3-9-19(16)24/h2-4,6,8-10,17H,5,7,11-14H2,1H3,(H,25,28)(H,26,29). The predicted octanol–water partition coefficient (Wildman–Crippen LogP) is 3.90. The highest BCUT2D eigenvalue weighted by Crippen LogP contribution is 2.23. The number of halogens is 2. The number of piperidine rings is 1. The van der Waals surface area contributed by atoms with Crippen LogP contribution in [-0.4, -0.2) is 35.8 Å². The van der Waals surface area contributed by atoms with Crippen molar-refractivity contribution in [1.82, 2.24) is 10.2 Å². The Bertz CT molecular complexity index is 890. The van der Waals surface area contributed by atoms with E-state index in [-0.39, 0.29) is 30.1 Å². The molecule has 1 atom stereocenters. The summed E-state index contributed by atoms with van der Waals surface area (Å²) in [5.41, 5.74) is 2.01. The van der Waals surface area contributed by atoms with Gasteiger partial charge in [0.05, 0.1) is 0 Å². The van der Waals surface area contributed by atoms with Crippen LogP contribution in [0.1, 0.15) is 30.4 Å². The molecule has 1 aliphatic rings. The third-order valence-corrected chi connectivity index (χ3v) is 5.49. The van der Waals surface area contributed by atoms with E-state index in [4.69, 9.17) is 11.6 Å². The van der Waals surface area contributed by atoms with Crippen molar-refractivity contribution in [2.24, 2.45) is 0 Å². The van der Waals surface area contributed by atoms with E-state index in [0.717, 1.165) is 24.9 Å². The molecule has 154 valence electrons. The number of carbonyl (C=O) groups is 2. The van der Waals surface area contributed by atoms with Crippen molar-refractivity contribution in [1.29, 1.82) is 0 Å². The summed E-state index contributed by atoms with van der Waals surface area (Å²) in [6.45, 7) is 3.81. The van der Waals surface area contributed by atoms with Crippen molar-refractivity contribution in [3.05, 3.63) is 64.4 Å². The van der Waals surface area contributed by atoms with Crippen LogP contribution in [0.4, 0.5) is 10.1 Å². The number of nitrogens with zero attached hydrogens (tertiary/aromatic N) is 1. The fourth-order valence-corrected chi connectivity index (χ4v) is 3.72. The molecular formula is C22H25ClFN3O2. The van der Waals surface area contributed by atoms with Gasteiger partial charge in [-0.25, -0.2) is 4.39 Å². The van der Waals surface area contributed by atoms with E-state index < -0.39 is 0 Å². The summed E-state index contributed by atoms with van der Waals surface area (Å²) >= 11 is 6.05. The maximum absolute atomic E-state index is 13.9. The lowest BCUT2D eigenvalue weighted by atomic mass is 10.0. The van der Waals surface area contributed by atoms with Crippen molar-refractivity contribution in [3.8, 4) is 0 Å². The van der Waals surface area contributed by atoms with Crippen molar-refractivity contribution < 1.29 is 14.0 Å². The molecule has 3 rings (SSSR count). The quantitative estimate of drug-likeness (QED) is 0.701. The van der Waals surface area contributed by atoms with Crippen molar-refractivity contribution in [2.75, 3.05) is 18.4 Å². The molecular weight excluding hydrogens is 393 g/mol. The van der Waals surface area contributed by atoms with Crippen LogP contribution in [0.15, 0.2) is 42.5 Å². The van der Waals surface area contributed by atoms with Crippen LogP contribution in [0, 0.1) is 12.7 Å². The summed E-state index contributed by atoms with van der Waals surface area (Å²) in [5, 5.41) is 6.22. The van der Waals surface area contributed by atoms with Crippen LogP contribution < -0.4 is 10.6 Å². The Balaban J connectivity index is 1.49. The van der Waals surface area contributed by atoms with Gasteiger partial charge in [0.1, 0.15) is 12.2 Å². The van der Waals surface area contributed by atoms with Crippen LogP contribution in [0.3, 0.4) is 0 Å². The summed E-state index contributed by atoms with van der Waals surface area (Å²) in [5.74, 6) is -0.918. The number of amides is 2. The minimum atomic E-state index is -0.383. The van der Waals surface area contributed by atoms with Crippen LogP contribution >= 0.6 is 11.6 Å². The number of carbonyl (C=O) groups excluding carboxylic acids is 2. The van der Waals surface area contributed by atoms with E-state index in [9.17, 15) is 14.0 Å². The first-order chi connectivity index (χ1) is 13.9. The van der Waals surface area contributed by atoms with Gasteiger partial charge < -0.3 is 10.6 Å². The third kappa shape index (κ3) is 6.02. The highest BCUT2D eigenvalue weighted by Gasteiger charge is 2.23. The van der Waals surface area contributed by atoms with Gasteiger partial charge in [-0.3, -0.25) is 14.5 Å². The average molecular weight is 418 g/mol. The Kier molecular flexibility index (Phi) is 7.23. The molecule has 0 aliphatic carbocycles. The summed E-state index contributed by atoms with van der Waals surface area (Å²) in [7, 11) is 0. The smallest absolute Gasteiger partial charge is 0.233 e. The maximum atomic E-state index is 13.9. The van der Waals surface area contributed by atoms with Gasteiger partial charge >= 0.3 is 0 Å². The van der Waals surface area contributed by atoms with E-state index >= 15 is 0 Å². The molecule has 29 heavy (non-hydrogen) atoms. The summed E-state index contributed by atoms with van der Waals surface area (Å²) in [4.78, 5) is 26.6. The van der Waals surface area contributed by atoms with Gasteiger partial charge in [-0.1, -0.05) is 35.9 Å². The molecule has 2 aromatic rings. The number of nitrogens with one attached hydrogen (secondary N) is 2. The second kappa shape index (κ2) is 9.85. The van der Waals surface area contributed by atoms with Crippen LogP contribution in [0.25, 0.3) is 0 Å². The van der Waals surface area contributed by atoms with E-state index in [1.807, 2.05) is 13.0 Å². The van der Waals surface area contributed by atoms with Crippen molar-refractivity contribution in [2.45, 2.75) is 38.8 Å². The Morgan fingerprint density at radius 3 is 2.76 bits per heavy atom. The first kappa shape index (κ1) is 21.3. The highest BCUT2D eigenvalue weighted by molar-refractivity contribution is 6.31. The van der Waals surface area contributed by atoms with Crippen LogP contribution in [-0.2, 0) is 16.1 Å². The molecule has 1 unspecified atom stereocenters. The minimum absolute atomic E-state index is 0.0521. The molecule has 1 saturated heterocycles. The molecule has 0 saturated carbocycles. The van der Waals surface area contributed by atoms with Gasteiger partial charge in [0, 0.05) is 35.4 Å². The number of rotatable bonds is 6. The first-order valence-corrected chi connectivity index (χ1v) is 10.1. The maximum Gasteiger partial charge on any atom is 0.233 e.